The summed E-state index contributed by atoms with van der Waals surface area (Å²) in [4.78, 5) is 0. The molecule has 0 aromatic heterocycles. The second-order valence-electron chi connectivity index (χ2n) is 5.34. The lowest BCUT2D eigenvalue weighted by atomic mass is 10.1. The van der Waals surface area contributed by atoms with Crippen molar-refractivity contribution in [3.63, 3.8) is 0 Å². The predicted octanol–water partition coefficient (Wildman–Crippen LogP) is 0.181. The van der Waals surface area contributed by atoms with Gasteiger partial charge in [-0.1, -0.05) is 0 Å². The summed E-state index contributed by atoms with van der Waals surface area (Å²) < 4.78 is 34.1. The summed E-state index contributed by atoms with van der Waals surface area (Å²) in [5.41, 5.74) is 0.411. The molecule has 0 bridgehead atoms. The van der Waals surface area contributed by atoms with E-state index in [1.807, 2.05) is 20.8 Å². The van der Waals surface area contributed by atoms with Crippen molar-refractivity contribution in [3.8, 4) is 11.5 Å². The van der Waals surface area contributed by atoms with E-state index in [-0.39, 0.29) is 17.0 Å². The van der Waals surface area contributed by atoms with Gasteiger partial charge in [-0.25, -0.2) is 0 Å². The topological polar surface area (TPSA) is 153 Å². The number of hydrogen-bond donors (Lipinski definition) is 4. The maximum Gasteiger partial charge on any atom is 0.119 e. The summed E-state index contributed by atoms with van der Waals surface area (Å²) in [6.07, 6.45) is -0.753. The first kappa shape index (κ1) is 19.6. The van der Waals surface area contributed by atoms with Crippen LogP contribution in [-0.4, -0.2) is 44.9 Å². The average molecular weight is 321 g/mol. The number of aliphatic hydroxyl groups excluding tert-OH is 1. The third-order valence-corrected chi connectivity index (χ3v) is 2.14. The lowest BCUT2D eigenvalue weighted by Crippen LogP contribution is -2.38. The monoisotopic (exact) mass is 321 g/mol. The zero-order chi connectivity index (χ0) is 16.8. The second-order valence-corrected chi connectivity index (χ2v) is 6.15. The van der Waals surface area contributed by atoms with Crippen LogP contribution in [0, 0.1) is 0 Å². The van der Waals surface area contributed by atoms with E-state index in [9.17, 15) is 15.3 Å². The number of rotatable bonds is 3. The van der Waals surface area contributed by atoms with Gasteiger partial charge in [0.2, 0.25) is 0 Å². The number of nitrogens with one attached hydrogen (secondary N) is 1. The molecule has 0 heterocycles. The summed E-state index contributed by atoms with van der Waals surface area (Å²) in [6.45, 7) is 6.37. The van der Waals surface area contributed by atoms with E-state index in [1.165, 1.54) is 18.2 Å². The smallest absolute Gasteiger partial charge is 0.119 e. The van der Waals surface area contributed by atoms with Gasteiger partial charge in [-0.2, -0.15) is 0 Å². The Labute approximate surface area is 123 Å². The van der Waals surface area contributed by atoms with Gasteiger partial charge >= 0.3 is 0 Å². The Hall–Kier alpha value is -1.39. The van der Waals surface area contributed by atoms with Crippen molar-refractivity contribution in [1.29, 1.82) is 0 Å². The summed E-state index contributed by atoms with van der Waals surface area (Å²) in [5, 5.41) is 31.6. The van der Waals surface area contributed by atoms with E-state index in [0.29, 0.717) is 12.1 Å². The molecule has 0 aliphatic heterocycles. The Morgan fingerprint density at radius 1 is 1.14 bits per heavy atom. The van der Waals surface area contributed by atoms with Crippen molar-refractivity contribution in [1.82, 2.24) is 5.32 Å². The van der Waals surface area contributed by atoms with E-state index in [4.69, 9.17) is 17.5 Å². The van der Waals surface area contributed by atoms with E-state index < -0.39 is 16.5 Å². The number of aliphatic hydroxyl groups is 1. The third kappa shape index (κ3) is 12.1. The van der Waals surface area contributed by atoms with Gasteiger partial charge in [-0.15, -0.1) is 0 Å². The van der Waals surface area contributed by atoms with Crippen LogP contribution in [0.15, 0.2) is 18.2 Å². The van der Waals surface area contributed by atoms with Crippen LogP contribution in [0.25, 0.3) is 0 Å². The Balaban J connectivity index is 0.000000690. The van der Waals surface area contributed by atoms with Crippen molar-refractivity contribution in [2.24, 2.45) is 0 Å². The largest absolute Gasteiger partial charge is 0.759 e. The maximum absolute atomic E-state index is 9.85. The highest BCUT2D eigenvalue weighted by molar-refractivity contribution is 7.79. The number of β-amino-alcohol motifs (C(OH)–C–C–N with tert-alkyl or cyclic N) is 1. The minimum absolute atomic E-state index is 0.0511. The van der Waals surface area contributed by atoms with Crippen molar-refractivity contribution in [2.45, 2.75) is 32.4 Å². The zero-order valence-corrected chi connectivity index (χ0v) is 12.7. The second kappa shape index (κ2) is 7.57. The maximum atomic E-state index is 9.85. The van der Waals surface area contributed by atoms with Crippen molar-refractivity contribution < 1.29 is 32.8 Å². The highest BCUT2D eigenvalue weighted by Crippen LogP contribution is 2.24. The Kier molecular flexibility index (Phi) is 7.07. The highest BCUT2D eigenvalue weighted by atomic mass is 32.3. The number of benzene rings is 1. The number of phenols is 2. The molecule has 1 aromatic carbocycles. The average Bonchev–Trinajstić information content (AvgIpc) is 2.21. The van der Waals surface area contributed by atoms with Crippen LogP contribution in [-0.2, 0) is 10.4 Å². The molecule has 0 radical (unpaired) electrons. The highest BCUT2D eigenvalue weighted by Gasteiger charge is 2.14. The SMILES string of the molecule is CC(C)(C)NCC(O)c1cc(O)cc(O)c1.O=S(=O)([O-])[O-]. The fourth-order valence-electron chi connectivity index (χ4n) is 1.33. The normalized spacial score (nSPS) is 13.2. The molecule has 0 fully saturated rings. The van der Waals surface area contributed by atoms with Crippen LogP contribution in [0.3, 0.4) is 0 Å². The first-order valence-electron chi connectivity index (χ1n) is 5.90. The van der Waals surface area contributed by atoms with Crippen LogP contribution in [0.1, 0.15) is 32.4 Å². The van der Waals surface area contributed by atoms with E-state index in [1.54, 1.807) is 0 Å². The van der Waals surface area contributed by atoms with Gasteiger partial charge in [-0.3, -0.25) is 8.42 Å². The predicted molar refractivity (Wildman–Crippen MR) is 73.0 cm³/mol. The summed E-state index contributed by atoms with van der Waals surface area (Å²) >= 11 is 0. The summed E-state index contributed by atoms with van der Waals surface area (Å²) in [7, 11) is -5.17. The number of aromatic hydroxyl groups is 2. The lowest BCUT2D eigenvalue weighted by molar-refractivity contribution is 0.162. The molecule has 8 nitrogen and oxygen atoms in total. The van der Waals surface area contributed by atoms with Crippen LogP contribution in [0.4, 0.5) is 0 Å². The quantitative estimate of drug-likeness (QED) is 0.454. The van der Waals surface area contributed by atoms with Gasteiger partial charge in [0.05, 0.1) is 6.10 Å². The molecule has 4 N–H and O–H groups in total. The zero-order valence-electron chi connectivity index (χ0n) is 11.9. The van der Waals surface area contributed by atoms with Crippen molar-refractivity contribution >= 4 is 10.4 Å². The van der Waals surface area contributed by atoms with E-state index in [2.05, 4.69) is 5.32 Å². The van der Waals surface area contributed by atoms with E-state index in [0.717, 1.165) is 0 Å². The molecule has 0 saturated heterocycles. The summed E-state index contributed by atoms with van der Waals surface area (Å²) in [5.74, 6) is -0.102. The van der Waals surface area contributed by atoms with Crippen LogP contribution < -0.4 is 5.32 Å². The molecule has 0 saturated carbocycles. The summed E-state index contributed by atoms with van der Waals surface area (Å²) in [6, 6.07) is 4.11. The minimum atomic E-state index is -5.17. The fraction of sp³-hybridized carbons (Fsp3) is 0.500. The molecule has 122 valence electrons. The van der Waals surface area contributed by atoms with Crippen LogP contribution in [0.2, 0.25) is 0 Å². The molecular formula is C12H19NO7S-2. The molecule has 1 atom stereocenters. The van der Waals surface area contributed by atoms with Crippen molar-refractivity contribution in [2.75, 3.05) is 6.54 Å². The van der Waals surface area contributed by atoms with Gasteiger partial charge < -0.3 is 29.7 Å². The standard InChI is InChI=1S/C12H19NO3.H2O4S/c1-12(2,3)13-7-11(16)8-4-9(14)6-10(15)5-8;1-5(2,3)4/h4-6,11,13-16H,7H2,1-3H3;(H2,1,2,3,4)/p-2. The third-order valence-electron chi connectivity index (χ3n) is 2.14. The van der Waals surface area contributed by atoms with Gasteiger partial charge in [0.15, 0.2) is 0 Å². The molecule has 0 aliphatic rings. The van der Waals surface area contributed by atoms with Crippen LogP contribution >= 0.6 is 0 Å². The molecule has 0 amide bonds. The molecule has 0 spiro atoms. The molecule has 9 heteroatoms. The molecule has 0 aliphatic carbocycles. The lowest BCUT2D eigenvalue weighted by Gasteiger charge is -2.23. The number of phenolic OH excluding ortho intramolecular Hbond substituents is 2. The Morgan fingerprint density at radius 3 is 1.86 bits per heavy atom. The molecule has 1 unspecified atom stereocenters. The fourth-order valence-corrected chi connectivity index (χ4v) is 1.33. The van der Waals surface area contributed by atoms with Gasteiger partial charge in [-0.05, 0) is 38.5 Å². The van der Waals surface area contributed by atoms with Gasteiger partial charge in [0, 0.05) is 28.5 Å². The van der Waals surface area contributed by atoms with E-state index >= 15 is 0 Å². The molecule has 1 rings (SSSR count). The van der Waals surface area contributed by atoms with Crippen molar-refractivity contribution in [3.05, 3.63) is 23.8 Å². The van der Waals surface area contributed by atoms with Crippen LogP contribution in [0.5, 0.6) is 11.5 Å². The molecular weight excluding hydrogens is 302 g/mol. The van der Waals surface area contributed by atoms with Gasteiger partial charge in [0.1, 0.15) is 11.5 Å². The molecule has 1 aromatic rings. The first-order valence-corrected chi connectivity index (χ1v) is 7.24. The van der Waals surface area contributed by atoms with Gasteiger partial charge in [0.25, 0.3) is 0 Å². The minimum Gasteiger partial charge on any atom is -0.759 e. The number of hydrogen-bond acceptors (Lipinski definition) is 8. The Morgan fingerprint density at radius 2 is 1.52 bits per heavy atom. The molecule has 21 heavy (non-hydrogen) atoms. The first-order chi connectivity index (χ1) is 9.28. The Bertz CT molecular complexity index is 523.